The predicted molar refractivity (Wildman–Crippen MR) is 159 cm³/mol. The van der Waals surface area contributed by atoms with E-state index in [1.54, 1.807) is 74.5 Å². The summed E-state index contributed by atoms with van der Waals surface area (Å²) in [5.41, 5.74) is 3.01. The molecule has 1 atom stereocenters. The summed E-state index contributed by atoms with van der Waals surface area (Å²) in [5.74, 6) is -0.0306. The molecule has 4 aromatic rings. The van der Waals surface area contributed by atoms with Gasteiger partial charge in [0.1, 0.15) is 18.4 Å². The van der Waals surface area contributed by atoms with Crippen molar-refractivity contribution in [2.24, 2.45) is 4.99 Å². The Labute approximate surface area is 249 Å². The van der Waals surface area contributed by atoms with Gasteiger partial charge in [0.25, 0.3) is 5.56 Å². The Morgan fingerprint density at radius 2 is 1.90 bits per heavy atom. The van der Waals surface area contributed by atoms with Crippen molar-refractivity contribution in [1.82, 2.24) is 4.57 Å². The lowest BCUT2D eigenvalue weighted by molar-refractivity contribution is -0.139. The number of allylic oxidation sites excluding steroid dienone is 1. The van der Waals surface area contributed by atoms with E-state index in [0.29, 0.717) is 47.5 Å². The highest BCUT2D eigenvalue weighted by molar-refractivity contribution is 7.07. The van der Waals surface area contributed by atoms with Crippen LogP contribution in [0.2, 0.25) is 10.0 Å². The van der Waals surface area contributed by atoms with Gasteiger partial charge in [-0.3, -0.25) is 9.36 Å². The van der Waals surface area contributed by atoms with Gasteiger partial charge < -0.3 is 9.47 Å². The Bertz CT molecular complexity index is 1900. The molecule has 7 nitrogen and oxygen atoms in total. The number of rotatable bonds is 7. The SMILES string of the molecule is CCOC(=O)C1=C(C)N=c2s/c(=C\c3cc(Cl)ccc3OCc3ccc(C#N)cc3)c(=O)n2[C@H]1c1ccccc1Cl. The molecule has 2 heterocycles. The molecule has 5 rings (SSSR count). The fourth-order valence-corrected chi connectivity index (χ4v) is 5.98. The number of carbonyl (C=O) groups excluding carboxylic acids is 1. The highest BCUT2D eigenvalue weighted by Gasteiger charge is 2.34. The van der Waals surface area contributed by atoms with E-state index in [-0.39, 0.29) is 24.3 Å². The van der Waals surface area contributed by atoms with E-state index in [0.717, 1.165) is 5.56 Å². The molecule has 0 radical (unpaired) electrons. The number of nitrogens with zero attached hydrogens (tertiary/aromatic N) is 3. The molecular formula is C31H23Cl2N3O4S. The van der Waals surface area contributed by atoms with E-state index < -0.39 is 12.0 Å². The quantitative estimate of drug-likeness (QED) is 0.258. The number of aromatic nitrogens is 1. The number of thiazole rings is 1. The molecule has 10 heteroatoms. The van der Waals surface area contributed by atoms with E-state index in [2.05, 4.69) is 11.1 Å². The summed E-state index contributed by atoms with van der Waals surface area (Å²) in [6, 6.07) is 20.6. The number of hydrogen-bond donors (Lipinski definition) is 0. The van der Waals surface area contributed by atoms with Crippen molar-refractivity contribution in [2.45, 2.75) is 26.5 Å². The van der Waals surface area contributed by atoms with Crippen LogP contribution in [-0.4, -0.2) is 17.1 Å². The molecule has 1 aliphatic heterocycles. The average Bonchev–Trinajstić information content (AvgIpc) is 3.26. The van der Waals surface area contributed by atoms with Crippen LogP contribution in [0.3, 0.4) is 0 Å². The molecule has 0 fully saturated rings. The zero-order valence-corrected chi connectivity index (χ0v) is 24.4. The topological polar surface area (TPSA) is 93.7 Å². The van der Waals surface area contributed by atoms with E-state index in [4.69, 9.17) is 37.9 Å². The molecule has 0 aliphatic carbocycles. The van der Waals surface area contributed by atoms with Crippen LogP contribution in [0.5, 0.6) is 5.75 Å². The Hall–Kier alpha value is -4.16. The molecule has 0 saturated heterocycles. The van der Waals surface area contributed by atoms with Crippen molar-refractivity contribution in [3.63, 3.8) is 0 Å². The van der Waals surface area contributed by atoms with Crippen LogP contribution >= 0.6 is 34.5 Å². The fraction of sp³-hybridized carbons (Fsp3) is 0.161. The fourth-order valence-electron chi connectivity index (χ4n) is 4.52. The van der Waals surface area contributed by atoms with Gasteiger partial charge >= 0.3 is 5.97 Å². The van der Waals surface area contributed by atoms with E-state index in [1.807, 2.05) is 12.1 Å². The molecule has 0 bridgehead atoms. The molecule has 3 aromatic carbocycles. The summed E-state index contributed by atoms with van der Waals surface area (Å²) < 4.78 is 13.3. The zero-order valence-electron chi connectivity index (χ0n) is 22.1. The van der Waals surface area contributed by atoms with Gasteiger partial charge in [0, 0.05) is 15.6 Å². The number of benzene rings is 3. The number of halogens is 2. The second kappa shape index (κ2) is 12.1. The molecule has 206 valence electrons. The smallest absolute Gasteiger partial charge is 0.338 e. The minimum absolute atomic E-state index is 0.176. The Balaban J connectivity index is 1.61. The third-order valence-corrected chi connectivity index (χ3v) is 8.01. The summed E-state index contributed by atoms with van der Waals surface area (Å²) in [4.78, 5) is 32.1. The second-order valence-electron chi connectivity index (χ2n) is 9.10. The van der Waals surface area contributed by atoms with Crippen LogP contribution in [0.1, 0.15) is 42.1 Å². The van der Waals surface area contributed by atoms with E-state index in [9.17, 15) is 9.59 Å². The number of hydrogen-bond acceptors (Lipinski definition) is 7. The molecular weight excluding hydrogens is 581 g/mol. The maximum atomic E-state index is 13.9. The first-order chi connectivity index (χ1) is 19.8. The third-order valence-electron chi connectivity index (χ3n) is 6.45. The molecule has 1 aliphatic rings. The summed E-state index contributed by atoms with van der Waals surface area (Å²) in [5, 5.41) is 9.92. The van der Waals surface area contributed by atoms with Crippen molar-refractivity contribution in [2.75, 3.05) is 6.61 Å². The molecule has 1 aromatic heterocycles. The predicted octanol–water partition coefficient (Wildman–Crippen LogP) is 5.56. The van der Waals surface area contributed by atoms with Gasteiger partial charge in [-0.1, -0.05) is 64.9 Å². The number of esters is 1. The van der Waals surface area contributed by atoms with Crippen LogP contribution in [0.25, 0.3) is 6.08 Å². The van der Waals surface area contributed by atoms with Gasteiger partial charge in [0.05, 0.1) is 34.0 Å². The minimum Gasteiger partial charge on any atom is -0.488 e. The van der Waals surface area contributed by atoms with Gasteiger partial charge in [-0.15, -0.1) is 0 Å². The van der Waals surface area contributed by atoms with Gasteiger partial charge in [0.15, 0.2) is 4.80 Å². The molecule has 0 N–H and O–H groups in total. The first-order valence-electron chi connectivity index (χ1n) is 12.7. The average molecular weight is 605 g/mol. The van der Waals surface area contributed by atoms with Crippen LogP contribution in [0, 0.1) is 11.3 Å². The lowest BCUT2D eigenvalue weighted by Gasteiger charge is -2.25. The summed E-state index contributed by atoms with van der Waals surface area (Å²) in [7, 11) is 0. The van der Waals surface area contributed by atoms with Crippen LogP contribution in [0.4, 0.5) is 0 Å². The minimum atomic E-state index is -0.812. The van der Waals surface area contributed by atoms with Crippen molar-refractivity contribution >= 4 is 46.6 Å². The Kier molecular flexibility index (Phi) is 8.41. The van der Waals surface area contributed by atoms with Gasteiger partial charge in [0.2, 0.25) is 0 Å². The second-order valence-corrected chi connectivity index (χ2v) is 11.0. The standard InChI is InChI=1S/C31H23Cl2N3O4S/c1-3-39-30(38)27-18(2)35-31-36(28(27)23-6-4-5-7-24(23)33)29(37)26(41-31)15-21-14-22(32)12-13-25(21)40-17-20-10-8-19(16-34)9-11-20/h4-15,28H,3,17H2,1-2H3/b26-15-/t28-/m0/s1. The number of ether oxygens (including phenoxy) is 2. The Morgan fingerprint density at radius 3 is 2.61 bits per heavy atom. The number of nitriles is 1. The first-order valence-corrected chi connectivity index (χ1v) is 14.2. The monoisotopic (exact) mass is 603 g/mol. The molecule has 0 saturated carbocycles. The molecule has 0 spiro atoms. The van der Waals surface area contributed by atoms with Crippen LogP contribution in [0.15, 0.2) is 87.8 Å². The summed E-state index contributed by atoms with van der Waals surface area (Å²) >= 11 is 14.1. The maximum absolute atomic E-state index is 13.9. The maximum Gasteiger partial charge on any atom is 0.338 e. The zero-order chi connectivity index (χ0) is 29.1. The van der Waals surface area contributed by atoms with Gasteiger partial charge in [-0.2, -0.15) is 5.26 Å². The van der Waals surface area contributed by atoms with Gasteiger partial charge in [-0.25, -0.2) is 9.79 Å². The molecule has 41 heavy (non-hydrogen) atoms. The lowest BCUT2D eigenvalue weighted by Crippen LogP contribution is -2.40. The van der Waals surface area contributed by atoms with E-state index >= 15 is 0 Å². The molecule has 0 amide bonds. The van der Waals surface area contributed by atoms with Crippen LogP contribution < -0.4 is 19.6 Å². The largest absolute Gasteiger partial charge is 0.488 e. The highest BCUT2D eigenvalue weighted by Crippen LogP contribution is 2.34. The van der Waals surface area contributed by atoms with Crippen molar-refractivity contribution in [3.05, 3.63) is 130 Å². The lowest BCUT2D eigenvalue weighted by atomic mass is 9.96. The number of carbonyl (C=O) groups is 1. The summed E-state index contributed by atoms with van der Waals surface area (Å²) in [6.07, 6.45) is 1.71. The summed E-state index contributed by atoms with van der Waals surface area (Å²) in [6.45, 7) is 3.87. The molecule has 0 unspecified atom stereocenters. The van der Waals surface area contributed by atoms with E-state index in [1.165, 1.54) is 15.9 Å². The highest BCUT2D eigenvalue weighted by atomic mass is 35.5. The normalized spacial score (nSPS) is 14.7. The number of fused-ring (bicyclic) bond motifs is 1. The van der Waals surface area contributed by atoms with Crippen molar-refractivity contribution in [1.29, 1.82) is 5.26 Å². The van der Waals surface area contributed by atoms with Crippen molar-refractivity contribution < 1.29 is 14.3 Å². The Morgan fingerprint density at radius 1 is 1.15 bits per heavy atom. The third kappa shape index (κ3) is 5.84. The van der Waals surface area contributed by atoms with Gasteiger partial charge in [-0.05, 0) is 67.4 Å². The first kappa shape index (κ1) is 28.4. The van der Waals surface area contributed by atoms with Crippen molar-refractivity contribution in [3.8, 4) is 11.8 Å². The van der Waals surface area contributed by atoms with Crippen LogP contribution in [-0.2, 0) is 16.1 Å².